The van der Waals surface area contributed by atoms with Gasteiger partial charge in [0.15, 0.2) is 0 Å². The molecule has 14 heavy (non-hydrogen) atoms. The quantitative estimate of drug-likeness (QED) is 0.761. The molecule has 2 saturated heterocycles. The molecule has 2 rings (SSSR count). The van der Waals surface area contributed by atoms with E-state index in [9.17, 15) is 0 Å². The van der Waals surface area contributed by atoms with E-state index in [1.807, 2.05) is 0 Å². The highest BCUT2D eigenvalue weighted by Crippen LogP contribution is 2.19. The van der Waals surface area contributed by atoms with E-state index >= 15 is 0 Å². The van der Waals surface area contributed by atoms with E-state index in [1.165, 1.54) is 43.6 Å². The molecule has 3 heteroatoms. The number of hydrogen-bond donors (Lipinski definition) is 1. The van der Waals surface area contributed by atoms with Gasteiger partial charge in [0.1, 0.15) is 0 Å². The van der Waals surface area contributed by atoms with Gasteiger partial charge in [0.25, 0.3) is 0 Å². The molecule has 2 fully saturated rings. The van der Waals surface area contributed by atoms with Gasteiger partial charge in [0.05, 0.1) is 0 Å². The molecule has 0 bridgehead atoms. The third kappa shape index (κ3) is 3.44. The molecule has 2 aliphatic heterocycles. The maximum absolute atomic E-state index is 5.47. The Hall–Kier alpha value is 0.270. The van der Waals surface area contributed by atoms with Crippen molar-refractivity contribution in [2.75, 3.05) is 24.7 Å². The van der Waals surface area contributed by atoms with Crippen LogP contribution in [0.1, 0.15) is 32.1 Å². The minimum Gasteiger partial charge on any atom is -0.381 e. The van der Waals surface area contributed by atoms with Crippen molar-refractivity contribution in [1.82, 2.24) is 5.32 Å². The van der Waals surface area contributed by atoms with E-state index in [0.29, 0.717) is 0 Å². The number of rotatable bonds is 2. The molecule has 0 aromatic heterocycles. The van der Waals surface area contributed by atoms with E-state index in [2.05, 4.69) is 17.1 Å². The fourth-order valence-corrected chi connectivity index (χ4v) is 3.37. The Bertz CT molecular complexity index is 151. The largest absolute Gasteiger partial charge is 0.381 e. The van der Waals surface area contributed by atoms with E-state index < -0.39 is 0 Å². The highest BCUT2D eigenvalue weighted by Gasteiger charge is 2.18. The number of ether oxygens (including phenoxy) is 1. The highest BCUT2D eigenvalue weighted by atomic mass is 32.2. The van der Waals surface area contributed by atoms with Gasteiger partial charge >= 0.3 is 0 Å². The van der Waals surface area contributed by atoms with Gasteiger partial charge < -0.3 is 10.1 Å². The van der Waals surface area contributed by atoms with Crippen molar-refractivity contribution in [2.24, 2.45) is 0 Å². The summed E-state index contributed by atoms with van der Waals surface area (Å²) in [4.78, 5) is 0. The first-order valence-electron chi connectivity index (χ1n) is 5.87. The maximum Gasteiger partial charge on any atom is 0.0480 e. The van der Waals surface area contributed by atoms with Gasteiger partial charge in [-0.05, 0) is 43.6 Å². The van der Waals surface area contributed by atoms with Crippen LogP contribution in [0.15, 0.2) is 0 Å². The third-order valence-corrected chi connectivity index (χ3v) is 4.19. The summed E-state index contributed by atoms with van der Waals surface area (Å²) in [6, 6.07) is 1.52. The van der Waals surface area contributed by atoms with Crippen LogP contribution < -0.4 is 5.32 Å². The third-order valence-electron chi connectivity index (χ3n) is 3.14. The van der Waals surface area contributed by atoms with Crippen molar-refractivity contribution in [3.05, 3.63) is 0 Å². The van der Waals surface area contributed by atoms with E-state index in [4.69, 9.17) is 4.74 Å². The highest BCUT2D eigenvalue weighted by molar-refractivity contribution is 7.99. The van der Waals surface area contributed by atoms with Crippen LogP contribution >= 0.6 is 11.8 Å². The Morgan fingerprint density at radius 2 is 1.71 bits per heavy atom. The second kappa shape index (κ2) is 5.99. The lowest BCUT2D eigenvalue weighted by Gasteiger charge is -2.27. The van der Waals surface area contributed by atoms with Gasteiger partial charge in [-0.3, -0.25) is 0 Å². The number of nitrogens with one attached hydrogen (secondary N) is 1. The summed E-state index contributed by atoms with van der Waals surface area (Å²) in [6.45, 7) is 1.93. The van der Waals surface area contributed by atoms with Gasteiger partial charge in [-0.1, -0.05) is 0 Å². The SMILES string of the molecule is C1COCCC(NC2CCSCC2)C1. The summed E-state index contributed by atoms with van der Waals surface area (Å²) in [6.07, 6.45) is 6.48. The molecule has 0 aliphatic carbocycles. The lowest BCUT2D eigenvalue weighted by Crippen LogP contribution is -2.40. The topological polar surface area (TPSA) is 21.3 Å². The summed E-state index contributed by atoms with van der Waals surface area (Å²) in [5, 5.41) is 3.80. The van der Waals surface area contributed by atoms with Crippen molar-refractivity contribution in [3.63, 3.8) is 0 Å². The fourth-order valence-electron chi connectivity index (χ4n) is 2.27. The van der Waals surface area contributed by atoms with Crippen LogP contribution in [0.2, 0.25) is 0 Å². The molecule has 0 aromatic rings. The van der Waals surface area contributed by atoms with Crippen molar-refractivity contribution < 1.29 is 4.74 Å². The molecule has 0 amide bonds. The first-order chi connectivity index (χ1) is 6.95. The number of hydrogen-bond acceptors (Lipinski definition) is 3. The van der Waals surface area contributed by atoms with Crippen molar-refractivity contribution >= 4 is 11.8 Å². The molecule has 0 saturated carbocycles. The minimum atomic E-state index is 0.727. The maximum atomic E-state index is 5.47. The van der Waals surface area contributed by atoms with Crippen LogP contribution in [0.3, 0.4) is 0 Å². The van der Waals surface area contributed by atoms with Gasteiger partial charge in [0, 0.05) is 25.3 Å². The standard InChI is InChI=1S/C11H21NOS/c1-2-10(3-7-13-6-1)12-11-4-8-14-9-5-11/h10-12H,1-9H2. The second-order valence-corrected chi connectivity index (χ2v) is 5.52. The monoisotopic (exact) mass is 215 g/mol. The summed E-state index contributed by atoms with van der Waals surface area (Å²) in [5.41, 5.74) is 0. The zero-order valence-electron chi connectivity index (χ0n) is 8.84. The summed E-state index contributed by atoms with van der Waals surface area (Å²) >= 11 is 2.10. The van der Waals surface area contributed by atoms with Gasteiger partial charge in [-0.25, -0.2) is 0 Å². The van der Waals surface area contributed by atoms with Crippen LogP contribution in [-0.4, -0.2) is 36.8 Å². The van der Waals surface area contributed by atoms with Gasteiger partial charge in [-0.2, -0.15) is 11.8 Å². The molecule has 0 radical (unpaired) electrons. The van der Waals surface area contributed by atoms with E-state index in [1.54, 1.807) is 0 Å². The van der Waals surface area contributed by atoms with Crippen molar-refractivity contribution in [1.29, 1.82) is 0 Å². The molecule has 0 spiro atoms. The molecule has 1 N–H and O–H groups in total. The van der Waals surface area contributed by atoms with Crippen LogP contribution in [-0.2, 0) is 4.74 Å². The zero-order chi connectivity index (χ0) is 9.64. The van der Waals surface area contributed by atoms with Gasteiger partial charge in [0.2, 0.25) is 0 Å². The van der Waals surface area contributed by atoms with Crippen molar-refractivity contribution in [3.8, 4) is 0 Å². The Balaban J connectivity index is 1.71. The predicted octanol–water partition coefficient (Wildman–Crippen LogP) is 2.04. The average molecular weight is 215 g/mol. The Morgan fingerprint density at radius 3 is 2.57 bits per heavy atom. The van der Waals surface area contributed by atoms with Crippen LogP contribution in [0.4, 0.5) is 0 Å². The molecule has 0 aromatic carbocycles. The minimum absolute atomic E-state index is 0.727. The van der Waals surface area contributed by atoms with Gasteiger partial charge in [-0.15, -0.1) is 0 Å². The number of thioether (sulfide) groups is 1. The lowest BCUT2D eigenvalue weighted by atomic mass is 10.1. The molecule has 1 unspecified atom stereocenters. The zero-order valence-corrected chi connectivity index (χ0v) is 9.65. The molecular weight excluding hydrogens is 194 g/mol. The predicted molar refractivity (Wildman–Crippen MR) is 61.9 cm³/mol. The normalized spacial score (nSPS) is 31.3. The molecule has 2 nitrogen and oxygen atoms in total. The Morgan fingerprint density at radius 1 is 0.929 bits per heavy atom. The van der Waals surface area contributed by atoms with Crippen molar-refractivity contribution in [2.45, 2.75) is 44.2 Å². The Kier molecular flexibility index (Phi) is 4.61. The van der Waals surface area contributed by atoms with E-state index in [0.717, 1.165) is 25.3 Å². The molecular formula is C11H21NOS. The average Bonchev–Trinajstić information content (AvgIpc) is 2.48. The molecule has 2 aliphatic rings. The summed E-state index contributed by atoms with van der Waals surface area (Å²) in [7, 11) is 0. The fraction of sp³-hybridized carbons (Fsp3) is 1.00. The second-order valence-electron chi connectivity index (χ2n) is 4.29. The van der Waals surface area contributed by atoms with E-state index in [-0.39, 0.29) is 0 Å². The smallest absolute Gasteiger partial charge is 0.0480 e. The summed E-state index contributed by atoms with van der Waals surface area (Å²) < 4.78 is 5.47. The summed E-state index contributed by atoms with van der Waals surface area (Å²) in [5.74, 6) is 2.70. The molecule has 2 heterocycles. The first kappa shape index (κ1) is 10.8. The Labute approximate surface area is 91.2 Å². The molecule has 82 valence electrons. The lowest BCUT2D eigenvalue weighted by molar-refractivity contribution is 0.142. The van der Waals surface area contributed by atoms with Crippen LogP contribution in [0.5, 0.6) is 0 Å². The van der Waals surface area contributed by atoms with Crippen LogP contribution in [0.25, 0.3) is 0 Å². The molecule has 1 atom stereocenters. The first-order valence-corrected chi connectivity index (χ1v) is 7.02. The van der Waals surface area contributed by atoms with Crippen LogP contribution in [0, 0.1) is 0 Å².